The number of benzene rings is 1. The van der Waals surface area contributed by atoms with E-state index in [-0.39, 0.29) is 0 Å². The second-order valence-electron chi connectivity index (χ2n) is 5.52. The minimum absolute atomic E-state index is 0.427. The minimum Gasteiger partial charge on any atom is -0.507 e. The summed E-state index contributed by atoms with van der Waals surface area (Å²) in [6, 6.07) is 3.96. The van der Waals surface area contributed by atoms with Crippen molar-refractivity contribution in [3.63, 3.8) is 0 Å². The van der Waals surface area contributed by atoms with Crippen molar-refractivity contribution in [1.29, 1.82) is 0 Å². The topological polar surface area (TPSA) is 26.7 Å². The average Bonchev–Trinajstić information content (AvgIpc) is 2.86. The first-order valence-electron chi connectivity index (χ1n) is 6.95. The Balaban J connectivity index is 1.89. The molecule has 2 rings (SSSR count). The Morgan fingerprint density at radius 1 is 1.32 bits per heavy atom. The Morgan fingerprint density at radius 2 is 2.00 bits per heavy atom. The molecule has 19 heavy (non-hydrogen) atoms. The molecular formula is C15H23BrN2O. The van der Waals surface area contributed by atoms with Gasteiger partial charge in [0, 0.05) is 29.7 Å². The molecule has 1 heterocycles. The van der Waals surface area contributed by atoms with Gasteiger partial charge in [0.25, 0.3) is 0 Å². The van der Waals surface area contributed by atoms with Crippen molar-refractivity contribution < 1.29 is 5.11 Å². The zero-order valence-electron chi connectivity index (χ0n) is 11.8. The van der Waals surface area contributed by atoms with Crippen LogP contribution in [0, 0.1) is 6.92 Å². The average molecular weight is 327 g/mol. The molecule has 0 amide bonds. The van der Waals surface area contributed by atoms with Gasteiger partial charge in [0.15, 0.2) is 0 Å². The van der Waals surface area contributed by atoms with Crippen molar-refractivity contribution in [2.24, 2.45) is 0 Å². The Morgan fingerprint density at radius 3 is 2.68 bits per heavy atom. The smallest absolute Gasteiger partial charge is 0.123 e. The molecule has 1 aliphatic rings. The molecule has 1 saturated heterocycles. The molecule has 0 spiro atoms. The first-order valence-corrected chi connectivity index (χ1v) is 7.74. The summed E-state index contributed by atoms with van der Waals surface area (Å²) in [5, 5.41) is 10.1. The fourth-order valence-corrected chi connectivity index (χ4v) is 3.23. The first kappa shape index (κ1) is 14.8. The second kappa shape index (κ2) is 6.73. The normalized spacial score (nSPS) is 16.4. The molecule has 1 aromatic rings. The molecule has 4 heteroatoms. The molecule has 0 bridgehead atoms. The maximum Gasteiger partial charge on any atom is 0.123 e. The van der Waals surface area contributed by atoms with E-state index in [1.807, 2.05) is 19.1 Å². The number of phenols is 1. The van der Waals surface area contributed by atoms with Crippen LogP contribution in [0.25, 0.3) is 0 Å². The highest BCUT2D eigenvalue weighted by molar-refractivity contribution is 9.10. The number of halogens is 1. The van der Waals surface area contributed by atoms with Crippen LogP contribution in [-0.2, 0) is 6.54 Å². The standard InChI is InChI=1S/C15H23BrN2O/c1-12-9-14(16)10-13(15(12)19)11-17(2)7-8-18-5-3-4-6-18/h9-10,19H,3-8,11H2,1-2H3. The number of aromatic hydroxyl groups is 1. The maximum absolute atomic E-state index is 10.1. The molecule has 0 radical (unpaired) electrons. The lowest BCUT2D eigenvalue weighted by molar-refractivity contribution is 0.250. The third kappa shape index (κ3) is 4.20. The molecule has 0 saturated carbocycles. The number of likely N-dealkylation sites (N-methyl/N-ethyl adjacent to an activating group) is 1. The van der Waals surface area contributed by atoms with Crippen LogP contribution < -0.4 is 0 Å². The number of hydrogen-bond donors (Lipinski definition) is 1. The second-order valence-corrected chi connectivity index (χ2v) is 6.43. The minimum atomic E-state index is 0.427. The molecule has 1 fully saturated rings. The lowest BCUT2D eigenvalue weighted by Gasteiger charge is -2.22. The summed E-state index contributed by atoms with van der Waals surface area (Å²) in [5.74, 6) is 0.427. The molecule has 0 aromatic heterocycles. The highest BCUT2D eigenvalue weighted by Crippen LogP contribution is 2.27. The van der Waals surface area contributed by atoms with Crippen LogP contribution >= 0.6 is 15.9 Å². The highest BCUT2D eigenvalue weighted by Gasteiger charge is 2.13. The monoisotopic (exact) mass is 326 g/mol. The van der Waals surface area contributed by atoms with Gasteiger partial charge in [-0.3, -0.25) is 0 Å². The van der Waals surface area contributed by atoms with Gasteiger partial charge in [-0.1, -0.05) is 15.9 Å². The van der Waals surface area contributed by atoms with Gasteiger partial charge >= 0.3 is 0 Å². The van der Waals surface area contributed by atoms with E-state index in [2.05, 4.69) is 32.8 Å². The SMILES string of the molecule is Cc1cc(Br)cc(CN(C)CCN2CCCC2)c1O. The van der Waals surface area contributed by atoms with E-state index in [9.17, 15) is 5.11 Å². The maximum atomic E-state index is 10.1. The lowest BCUT2D eigenvalue weighted by Crippen LogP contribution is -2.31. The molecular weight excluding hydrogens is 304 g/mol. The largest absolute Gasteiger partial charge is 0.507 e. The number of hydrogen-bond acceptors (Lipinski definition) is 3. The molecule has 1 N–H and O–H groups in total. The summed E-state index contributed by atoms with van der Waals surface area (Å²) in [6.07, 6.45) is 2.69. The van der Waals surface area contributed by atoms with Crippen molar-refractivity contribution in [3.05, 3.63) is 27.7 Å². The van der Waals surface area contributed by atoms with Gasteiger partial charge in [0.1, 0.15) is 5.75 Å². The third-order valence-corrected chi connectivity index (χ3v) is 4.24. The first-order chi connectivity index (χ1) is 9.06. The van der Waals surface area contributed by atoms with Crippen molar-refractivity contribution in [2.75, 3.05) is 33.2 Å². The molecule has 3 nitrogen and oxygen atoms in total. The number of rotatable bonds is 5. The van der Waals surface area contributed by atoms with Crippen molar-refractivity contribution in [3.8, 4) is 5.75 Å². The quantitative estimate of drug-likeness (QED) is 0.901. The highest BCUT2D eigenvalue weighted by atomic mass is 79.9. The summed E-state index contributed by atoms with van der Waals surface area (Å²) < 4.78 is 1.03. The van der Waals surface area contributed by atoms with Gasteiger partial charge in [-0.25, -0.2) is 0 Å². The van der Waals surface area contributed by atoms with Gasteiger partial charge < -0.3 is 14.9 Å². The van der Waals surface area contributed by atoms with Crippen LogP contribution in [0.5, 0.6) is 5.75 Å². The number of phenolic OH excluding ortho intramolecular Hbond substituents is 1. The predicted molar refractivity (Wildman–Crippen MR) is 82.6 cm³/mol. The molecule has 0 unspecified atom stereocenters. The number of likely N-dealkylation sites (tertiary alicyclic amines) is 1. The van der Waals surface area contributed by atoms with E-state index in [4.69, 9.17) is 0 Å². The summed E-state index contributed by atoms with van der Waals surface area (Å²) in [4.78, 5) is 4.79. The van der Waals surface area contributed by atoms with Crippen LogP contribution in [0.4, 0.5) is 0 Å². The molecule has 1 aromatic carbocycles. The fourth-order valence-electron chi connectivity index (χ4n) is 2.61. The van der Waals surface area contributed by atoms with Crippen molar-refractivity contribution in [1.82, 2.24) is 9.80 Å². The zero-order valence-corrected chi connectivity index (χ0v) is 13.4. The van der Waals surface area contributed by atoms with Crippen LogP contribution in [0.2, 0.25) is 0 Å². The van der Waals surface area contributed by atoms with Gasteiger partial charge in [0.2, 0.25) is 0 Å². The van der Waals surface area contributed by atoms with Gasteiger partial charge in [0.05, 0.1) is 0 Å². The number of aryl methyl sites for hydroxylation is 1. The molecule has 106 valence electrons. The van der Waals surface area contributed by atoms with E-state index < -0.39 is 0 Å². The Labute approximate surface area is 124 Å². The third-order valence-electron chi connectivity index (χ3n) is 3.78. The van der Waals surface area contributed by atoms with Crippen LogP contribution in [0.1, 0.15) is 24.0 Å². The van der Waals surface area contributed by atoms with Gasteiger partial charge in [-0.15, -0.1) is 0 Å². The predicted octanol–water partition coefficient (Wildman–Crippen LogP) is 2.99. The summed E-state index contributed by atoms with van der Waals surface area (Å²) in [5.41, 5.74) is 1.92. The van der Waals surface area contributed by atoms with Crippen molar-refractivity contribution >= 4 is 15.9 Å². The Hall–Kier alpha value is -0.580. The Bertz CT molecular complexity index is 430. The number of nitrogens with zero attached hydrogens (tertiary/aromatic N) is 2. The molecule has 1 aliphatic heterocycles. The van der Waals surface area contributed by atoms with Crippen LogP contribution in [-0.4, -0.2) is 48.1 Å². The van der Waals surface area contributed by atoms with Gasteiger partial charge in [-0.05, 0) is 57.6 Å². The Kier molecular flexibility index (Phi) is 5.25. The van der Waals surface area contributed by atoms with E-state index in [1.54, 1.807) is 0 Å². The van der Waals surface area contributed by atoms with Crippen LogP contribution in [0.3, 0.4) is 0 Å². The van der Waals surface area contributed by atoms with Crippen LogP contribution in [0.15, 0.2) is 16.6 Å². The van der Waals surface area contributed by atoms with Gasteiger partial charge in [-0.2, -0.15) is 0 Å². The fraction of sp³-hybridized carbons (Fsp3) is 0.600. The summed E-state index contributed by atoms with van der Waals surface area (Å²) in [6.45, 7) is 7.40. The lowest BCUT2D eigenvalue weighted by atomic mass is 10.1. The summed E-state index contributed by atoms with van der Waals surface area (Å²) >= 11 is 3.49. The van der Waals surface area contributed by atoms with E-state index in [1.165, 1.54) is 25.9 Å². The molecule has 0 atom stereocenters. The molecule has 0 aliphatic carbocycles. The van der Waals surface area contributed by atoms with E-state index in [0.29, 0.717) is 5.75 Å². The zero-order chi connectivity index (χ0) is 13.8. The van der Waals surface area contributed by atoms with E-state index in [0.717, 1.165) is 35.2 Å². The van der Waals surface area contributed by atoms with Crippen molar-refractivity contribution in [2.45, 2.75) is 26.3 Å². The summed E-state index contributed by atoms with van der Waals surface area (Å²) in [7, 11) is 2.12. The van der Waals surface area contributed by atoms with E-state index >= 15 is 0 Å².